The minimum atomic E-state index is 0.338. The number of anilines is 1. The Hall–Kier alpha value is -1.42. The maximum atomic E-state index is 5.69. The maximum absolute atomic E-state index is 5.69. The minimum absolute atomic E-state index is 0.338. The molecule has 86 valence electrons. The smallest absolute Gasteiger partial charge is 0.231 e. The van der Waals surface area contributed by atoms with Crippen LogP contribution < -0.4 is 20.1 Å². The molecule has 1 saturated heterocycles. The second-order valence-corrected chi connectivity index (χ2v) is 4.37. The fourth-order valence-corrected chi connectivity index (χ4v) is 2.34. The van der Waals surface area contributed by atoms with E-state index in [-0.39, 0.29) is 0 Å². The van der Waals surface area contributed by atoms with Crippen LogP contribution in [0.2, 0.25) is 0 Å². The van der Waals surface area contributed by atoms with Gasteiger partial charge >= 0.3 is 0 Å². The van der Waals surface area contributed by atoms with Crippen LogP contribution in [0.5, 0.6) is 11.5 Å². The molecule has 4 heteroatoms. The third kappa shape index (κ3) is 1.59. The molecule has 0 aromatic heterocycles. The Labute approximate surface area is 94.9 Å². The molecule has 0 unspecified atom stereocenters. The van der Waals surface area contributed by atoms with Crippen molar-refractivity contribution in [2.45, 2.75) is 6.42 Å². The van der Waals surface area contributed by atoms with Crippen LogP contribution in [-0.4, -0.2) is 26.4 Å². The molecule has 0 bridgehead atoms. The van der Waals surface area contributed by atoms with Crippen molar-refractivity contribution in [1.29, 1.82) is 0 Å². The fraction of sp³-hybridized carbons (Fsp3) is 0.500. The number of rotatable bonds is 2. The summed E-state index contributed by atoms with van der Waals surface area (Å²) in [6, 6.07) is 6.13. The van der Waals surface area contributed by atoms with Crippen LogP contribution in [0.1, 0.15) is 6.42 Å². The van der Waals surface area contributed by atoms with Gasteiger partial charge in [-0.05, 0) is 31.0 Å². The van der Waals surface area contributed by atoms with Gasteiger partial charge in [0.1, 0.15) is 0 Å². The van der Waals surface area contributed by atoms with Crippen molar-refractivity contribution in [3.05, 3.63) is 18.2 Å². The lowest BCUT2D eigenvalue weighted by Crippen LogP contribution is -2.22. The van der Waals surface area contributed by atoms with Crippen LogP contribution in [0.25, 0.3) is 0 Å². The van der Waals surface area contributed by atoms with E-state index in [0.29, 0.717) is 12.7 Å². The zero-order valence-corrected chi connectivity index (χ0v) is 9.19. The monoisotopic (exact) mass is 220 g/mol. The molecule has 1 fully saturated rings. The normalized spacial score (nSPS) is 22.8. The van der Waals surface area contributed by atoms with Crippen molar-refractivity contribution in [2.75, 3.05) is 31.3 Å². The van der Waals surface area contributed by atoms with Crippen molar-refractivity contribution >= 4 is 5.69 Å². The Balaban J connectivity index is 1.80. The summed E-state index contributed by atoms with van der Waals surface area (Å²) in [6.07, 6.45) is 1.19. The summed E-state index contributed by atoms with van der Waals surface area (Å²) in [5.74, 6) is 2.33. The third-order valence-corrected chi connectivity index (χ3v) is 3.34. The van der Waals surface area contributed by atoms with Gasteiger partial charge in [-0.1, -0.05) is 0 Å². The summed E-state index contributed by atoms with van der Waals surface area (Å²) >= 11 is 0. The van der Waals surface area contributed by atoms with E-state index in [1.165, 1.54) is 12.1 Å². The fourth-order valence-electron chi connectivity index (χ4n) is 2.34. The van der Waals surface area contributed by atoms with Gasteiger partial charge in [-0.15, -0.1) is 0 Å². The summed E-state index contributed by atoms with van der Waals surface area (Å²) in [4.78, 5) is 2.36. The second-order valence-electron chi connectivity index (χ2n) is 4.37. The summed E-state index contributed by atoms with van der Waals surface area (Å²) in [5.41, 5.74) is 6.90. The van der Waals surface area contributed by atoms with Crippen LogP contribution in [0.4, 0.5) is 5.69 Å². The predicted octanol–water partition coefficient (Wildman–Crippen LogP) is 1.20. The quantitative estimate of drug-likeness (QED) is 0.813. The van der Waals surface area contributed by atoms with Crippen LogP contribution in [0, 0.1) is 5.92 Å². The molecule has 0 amide bonds. The Kier molecular flexibility index (Phi) is 2.36. The first-order valence-electron chi connectivity index (χ1n) is 5.71. The van der Waals surface area contributed by atoms with Crippen molar-refractivity contribution in [3.8, 4) is 11.5 Å². The Bertz CT molecular complexity index is 395. The SMILES string of the molecule is NC[C@@H]1CCN(c2ccc3c(c2)OCO3)C1. The zero-order valence-electron chi connectivity index (χ0n) is 9.19. The highest BCUT2D eigenvalue weighted by molar-refractivity contribution is 5.57. The molecule has 2 aliphatic heterocycles. The molecule has 0 radical (unpaired) electrons. The van der Waals surface area contributed by atoms with Gasteiger partial charge < -0.3 is 20.1 Å². The average molecular weight is 220 g/mol. The van der Waals surface area contributed by atoms with Gasteiger partial charge in [0.25, 0.3) is 0 Å². The third-order valence-electron chi connectivity index (χ3n) is 3.34. The first kappa shape index (κ1) is 9.78. The Morgan fingerprint density at radius 3 is 3.00 bits per heavy atom. The topological polar surface area (TPSA) is 47.7 Å². The summed E-state index contributed by atoms with van der Waals surface area (Å²) in [7, 11) is 0. The lowest BCUT2D eigenvalue weighted by atomic mass is 10.1. The lowest BCUT2D eigenvalue weighted by molar-refractivity contribution is 0.174. The molecule has 1 aromatic carbocycles. The molecule has 2 aliphatic rings. The molecule has 1 aromatic rings. The van der Waals surface area contributed by atoms with E-state index in [1.807, 2.05) is 6.07 Å². The van der Waals surface area contributed by atoms with E-state index < -0.39 is 0 Å². The standard InChI is InChI=1S/C12H16N2O2/c13-6-9-3-4-14(7-9)10-1-2-11-12(5-10)16-8-15-11/h1-2,5,9H,3-4,6-8,13H2/t9-/m0/s1. The van der Waals surface area contributed by atoms with Crippen LogP contribution in [-0.2, 0) is 0 Å². The largest absolute Gasteiger partial charge is 0.454 e. The molecule has 3 rings (SSSR count). The minimum Gasteiger partial charge on any atom is -0.454 e. The van der Waals surface area contributed by atoms with Crippen molar-refractivity contribution in [3.63, 3.8) is 0 Å². The molecular weight excluding hydrogens is 204 g/mol. The van der Waals surface area contributed by atoms with Gasteiger partial charge in [-0.3, -0.25) is 0 Å². The van der Waals surface area contributed by atoms with Gasteiger partial charge in [-0.2, -0.15) is 0 Å². The van der Waals surface area contributed by atoms with E-state index in [4.69, 9.17) is 15.2 Å². The molecule has 0 spiro atoms. The molecule has 1 atom stereocenters. The lowest BCUT2D eigenvalue weighted by Gasteiger charge is -2.18. The van der Waals surface area contributed by atoms with E-state index >= 15 is 0 Å². The van der Waals surface area contributed by atoms with E-state index in [0.717, 1.165) is 31.1 Å². The first-order valence-corrected chi connectivity index (χ1v) is 5.71. The molecule has 4 nitrogen and oxygen atoms in total. The molecule has 2 heterocycles. The summed E-state index contributed by atoms with van der Waals surface area (Å²) < 4.78 is 10.7. The molecule has 0 saturated carbocycles. The first-order chi connectivity index (χ1) is 7.86. The van der Waals surface area contributed by atoms with Gasteiger partial charge in [0.2, 0.25) is 6.79 Å². The second kappa shape index (κ2) is 3.87. The number of nitrogens with two attached hydrogens (primary N) is 1. The average Bonchev–Trinajstić information content (AvgIpc) is 2.96. The highest BCUT2D eigenvalue weighted by Crippen LogP contribution is 2.36. The number of ether oxygens (including phenoxy) is 2. The number of hydrogen-bond acceptors (Lipinski definition) is 4. The van der Waals surface area contributed by atoms with Crippen molar-refractivity contribution in [2.24, 2.45) is 11.7 Å². The number of nitrogens with zero attached hydrogens (tertiary/aromatic N) is 1. The van der Waals surface area contributed by atoms with Crippen molar-refractivity contribution in [1.82, 2.24) is 0 Å². The van der Waals surface area contributed by atoms with E-state index in [9.17, 15) is 0 Å². The van der Waals surface area contributed by atoms with Gasteiger partial charge in [0, 0.05) is 24.8 Å². The molecular formula is C12H16N2O2. The Morgan fingerprint density at radius 2 is 2.19 bits per heavy atom. The van der Waals surface area contributed by atoms with E-state index in [1.54, 1.807) is 0 Å². The maximum Gasteiger partial charge on any atom is 0.231 e. The summed E-state index contributed by atoms with van der Waals surface area (Å²) in [5, 5.41) is 0. The highest BCUT2D eigenvalue weighted by Gasteiger charge is 2.23. The Morgan fingerprint density at radius 1 is 1.31 bits per heavy atom. The summed E-state index contributed by atoms with van der Waals surface area (Å²) in [6.45, 7) is 3.25. The van der Waals surface area contributed by atoms with Gasteiger partial charge in [0.15, 0.2) is 11.5 Å². The molecule has 2 N–H and O–H groups in total. The molecule has 16 heavy (non-hydrogen) atoms. The number of fused-ring (bicyclic) bond motifs is 1. The van der Waals surface area contributed by atoms with Crippen LogP contribution >= 0.6 is 0 Å². The van der Waals surface area contributed by atoms with E-state index in [2.05, 4.69) is 17.0 Å². The van der Waals surface area contributed by atoms with Crippen molar-refractivity contribution < 1.29 is 9.47 Å². The zero-order chi connectivity index (χ0) is 11.0. The number of benzene rings is 1. The van der Waals surface area contributed by atoms with Gasteiger partial charge in [-0.25, -0.2) is 0 Å². The molecule has 0 aliphatic carbocycles. The highest BCUT2D eigenvalue weighted by atomic mass is 16.7. The number of hydrogen-bond donors (Lipinski definition) is 1. The van der Waals surface area contributed by atoms with Crippen LogP contribution in [0.15, 0.2) is 18.2 Å². The van der Waals surface area contributed by atoms with Gasteiger partial charge in [0.05, 0.1) is 0 Å². The van der Waals surface area contributed by atoms with Crippen LogP contribution in [0.3, 0.4) is 0 Å². The predicted molar refractivity (Wildman–Crippen MR) is 61.9 cm³/mol.